The molecule has 10 heteroatoms. The van der Waals surface area contributed by atoms with E-state index in [9.17, 15) is 9.59 Å². The van der Waals surface area contributed by atoms with Crippen molar-refractivity contribution < 1.29 is 14.0 Å². The molecule has 0 saturated carbocycles. The molecule has 27 heavy (non-hydrogen) atoms. The number of carbonyl (C=O) groups is 2. The Bertz CT molecular complexity index is 912. The van der Waals surface area contributed by atoms with Crippen LogP contribution in [0.1, 0.15) is 17.5 Å². The van der Waals surface area contributed by atoms with Gasteiger partial charge in [-0.05, 0) is 36.1 Å². The first-order chi connectivity index (χ1) is 13.1. The predicted molar refractivity (Wildman–Crippen MR) is 109 cm³/mol. The van der Waals surface area contributed by atoms with E-state index in [0.717, 1.165) is 10.6 Å². The van der Waals surface area contributed by atoms with Crippen LogP contribution in [-0.2, 0) is 4.79 Å². The van der Waals surface area contributed by atoms with E-state index in [1.807, 2.05) is 19.1 Å². The standard InChI is InChI=1S/C17H16N4O3S3/c1-2-25-17-20-16(27-21-17)19-14(22)10-26-12-6-3-5-11(9-12)18-15(23)13-7-4-8-24-13/h3-9H,2,10H2,1H3,(H,18,23)(H,19,20,21,22). The molecule has 0 fully saturated rings. The van der Waals surface area contributed by atoms with Crippen LogP contribution in [0.5, 0.6) is 0 Å². The van der Waals surface area contributed by atoms with Crippen molar-refractivity contribution in [2.75, 3.05) is 22.1 Å². The van der Waals surface area contributed by atoms with Crippen molar-refractivity contribution in [3.05, 3.63) is 48.4 Å². The Morgan fingerprint density at radius 1 is 1.19 bits per heavy atom. The number of hydrogen-bond donors (Lipinski definition) is 2. The number of anilines is 2. The number of amides is 2. The molecule has 0 spiro atoms. The number of nitrogens with one attached hydrogen (secondary N) is 2. The quantitative estimate of drug-likeness (QED) is 0.526. The van der Waals surface area contributed by atoms with Crippen LogP contribution in [0.15, 0.2) is 57.1 Å². The third-order valence-electron chi connectivity index (χ3n) is 3.13. The zero-order chi connectivity index (χ0) is 19.1. The van der Waals surface area contributed by atoms with Crippen LogP contribution in [0.25, 0.3) is 0 Å². The zero-order valence-corrected chi connectivity index (χ0v) is 16.7. The summed E-state index contributed by atoms with van der Waals surface area (Å²) in [7, 11) is 0. The minimum absolute atomic E-state index is 0.158. The molecule has 2 amide bonds. The normalized spacial score (nSPS) is 10.6. The van der Waals surface area contributed by atoms with Crippen molar-refractivity contribution in [1.29, 1.82) is 0 Å². The molecule has 3 rings (SSSR count). The maximum absolute atomic E-state index is 12.1. The second kappa shape index (κ2) is 9.58. The van der Waals surface area contributed by atoms with Gasteiger partial charge in [-0.3, -0.25) is 14.9 Å². The molecular weight excluding hydrogens is 404 g/mol. The van der Waals surface area contributed by atoms with Crippen LogP contribution in [0.2, 0.25) is 0 Å². The van der Waals surface area contributed by atoms with Crippen molar-refractivity contribution in [2.45, 2.75) is 17.0 Å². The van der Waals surface area contributed by atoms with E-state index in [1.54, 1.807) is 24.3 Å². The molecule has 2 aromatic heterocycles. The molecule has 0 bridgehead atoms. The van der Waals surface area contributed by atoms with Crippen LogP contribution >= 0.6 is 35.1 Å². The first kappa shape index (κ1) is 19.5. The van der Waals surface area contributed by atoms with E-state index >= 15 is 0 Å². The van der Waals surface area contributed by atoms with Crippen LogP contribution < -0.4 is 10.6 Å². The molecule has 0 aliphatic heterocycles. The van der Waals surface area contributed by atoms with Gasteiger partial charge in [0.15, 0.2) is 5.76 Å². The molecule has 140 valence electrons. The molecular formula is C17H16N4O3S3. The number of carbonyl (C=O) groups excluding carboxylic acids is 2. The van der Waals surface area contributed by atoms with E-state index in [2.05, 4.69) is 20.0 Å². The third kappa shape index (κ3) is 5.84. The summed E-state index contributed by atoms with van der Waals surface area (Å²) in [6, 6.07) is 10.5. The molecule has 0 unspecified atom stereocenters. The highest BCUT2D eigenvalue weighted by Gasteiger charge is 2.11. The maximum Gasteiger partial charge on any atom is 0.291 e. The number of benzene rings is 1. The predicted octanol–water partition coefficient (Wildman–Crippen LogP) is 4.23. The van der Waals surface area contributed by atoms with Gasteiger partial charge in [-0.2, -0.15) is 9.36 Å². The number of nitrogens with zero attached hydrogens (tertiary/aromatic N) is 2. The van der Waals surface area contributed by atoms with Crippen molar-refractivity contribution >= 4 is 57.7 Å². The number of furan rings is 1. The Balaban J connectivity index is 1.51. The van der Waals surface area contributed by atoms with E-state index in [1.165, 1.54) is 41.3 Å². The van der Waals surface area contributed by atoms with Gasteiger partial charge in [-0.1, -0.05) is 24.8 Å². The number of aromatic nitrogens is 2. The fraction of sp³-hybridized carbons (Fsp3) is 0.176. The first-order valence-electron chi connectivity index (χ1n) is 7.98. The molecule has 7 nitrogen and oxygen atoms in total. The Labute approximate surface area is 168 Å². The summed E-state index contributed by atoms with van der Waals surface area (Å²) < 4.78 is 9.23. The largest absolute Gasteiger partial charge is 0.459 e. The fourth-order valence-electron chi connectivity index (χ4n) is 2.02. The zero-order valence-electron chi connectivity index (χ0n) is 14.3. The van der Waals surface area contributed by atoms with Gasteiger partial charge in [0.1, 0.15) is 0 Å². The molecule has 2 N–H and O–H groups in total. The van der Waals surface area contributed by atoms with Crippen molar-refractivity contribution in [2.24, 2.45) is 0 Å². The Kier molecular flexibility index (Phi) is 6.91. The van der Waals surface area contributed by atoms with Crippen molar-refractivity contribution in [3.63, 3.8) is 0 Å². The Hall–Kier alpha value is -2.30. The summed E-state index contributed by atoms with van der Waals surface area (Å²) in [6.07, 6.45) is 1.45. The van der Waals surface area contributed by atoms with Gasteiger partial charge in [-0.15, -0.1) is 11.8 Å². The van der Waals surface area contributed by atoms with Crippen LogP contribution in [-0.4, -0.2) is 32.7 Å². The highest BCUT2D eigenvalue weighted by molar-refractivity contribution is 8.00. The van der Waals surface area contributed by atoms with E-state index in [-0.39, 0.29) is 23.3 Å². The lowest BCUT2D eigenvalue weighted by Gasteiger charge is -2.06. The number of rotatable bonds is 8. The molecule has 0 atom stereocenters. The number of thioether (sulfide) groups is 2. The van der Waals surface area contributed by atoms with Crippen LogP contribution in [0, 0.1) is 0 Å². The van der Waals surface area contributed by atoms with Gasteiger partial charge < -0.3 is 9.73 Å². The van der Waals surface area contributed by atoms with Gasteiger partial charge >= 0.3 is 0 Å². The molecule has 0 saturated heterocycles. The Morgan fingerprint density at radius 2 is 2.07 bits per heavy atom. The highest BCUT2D eigenvalue weighted by Crippen LogP contribution is 2.23. The molecule has 1 aromatic carbocycles. The van der Waals surface area contributed by atoms with Crippen LogP contribution in [0.4, 0.5) is 10.8 Å². The summed E-state index contributed by atoms with van der Waals surface area (Å²) in [5.41, 5.74) is 0.632. The minimum Gasteiger partial charge on any atom is -0.459 e. The second-order valence-corrected chi connectivity index (χ2v) is 8.14. The third-order valence-corrected chi connectivity index (χ3v) is 5.60. The van der Waals surface area contributed by atoms with Gasteiger partial charge in [0.2, 0.25) is 16.2 Å². The SMILES string of the molecule is CCSc1nsc(NC(=O)CSc2cccc(NC(=O)c3ccco3)c2)n1. The lowest BCUT2D eigenvalue weighted by Crippen LogP contribution is -2.14. The summed E-state index contributed by atoms with van der Waals surface area (Å²) >= 11 is 4.07. The summed E-state index contributed by atoms with van der Waals surface area (Å²) in [5, 5.41) is 6.68. The average molecular weight is 421 g/mol. The van der Waals surface area contributed by atoms with E-state index < -0.39 is 0 Å². The van der Waals surface area contributed by atoms with Gasteiger partial charge in [0.25, 0.3) is 5.91 Å². The topological polar surface area (TPSA) is 97.1 Å². The van der Waals surface area contributed by atoms with Gasteiger partial charge in [0.05, 0.1) is 12.0 Å². The molecule has 3 aromatic rings. The second-order valence-electron chi connectivity index (χ2n) is 5.11. The summed E-state index contributed by atoms with van der Waals surface area (Å²) in [4.78, 5) is 29.2. The summed E-state index contributed by atoms with van der Waals surface area (Å²) in [5.74, 6) is 0.870. The fourth-order valence-corrected chi connectivity index (χ4v) is 4.06. The van der Waals surface area contributed by atoms with Crippen molar-refractivity contribution in [3.8, 4) is 0 Å². The average Bonchev–Trinajstić information content (AvgIpc) is 3.33. The van der Waals surface area contributed by atoms with E-state index in [0.29, 0.717) is 16.0 Å². The highest BCUT2D eigenvalue weighted by atomic mass is 32.2. The lowest BCUT2D eigenvalue weighted by molar-refractivity contribution is -0.113. The first-order valence-corrected chi connectivity index (χ1v) is 10.7. The van der Waals surface area contributed by atoms with Gasteiger partial charge in [-0.25, -0.2) is 0 Å². The smallest absolute Gasteiger partial charge is 0.291 e. The molecule has 0 aliphatic carbocycles. The van der Waals surface area contributed by atoms with E-state index in [4.69, 9.17) is 4.42 Å². The van der Waals surface area contributed by atoms with Gasteiger partial charge in [0, 0.05) is 22.1 Å². The lowest BCUT2D eigenvalue weighted by atomic mass is 10.3. The van der Waals surface area contributed by atoms with Crippen LogP contribution in [0.3, 0.4) is 0 Å². The maximum atomic E-state index is 12.1. The molecule has 0 aliphatic rings. The minimum atomic E-state index is -0.322. The monoisotopic (exact) mass is 420 g/mol. The number of hydrogen-bond acceptors (Lipinski definition) is 8. The summed E-state index contributed by atoms with van der Waals surface area (Å²) in [6.45, 7) is 2.02. The molecule has 2 heterocycles. The molecule has 0 radical (unpaired) electrons. The Morgan fingerprint density at radius 3 is 2.85 bits per heavy atom. The van der Waals surface area contributed by atoms with Crippen molar-refractivity contribution in [1.82, 2.24) is 9.36 Å².